The lowest BCUT2D eigenvalue weighted by atomic mass is 10.0. The van der Waals surface area contributed by atoms with Crippen molar-refractivity contribution in [2.24, 2.45) is 0 Å². The molecule has 3 nitrogen and oxygen atoms in total. The molecule has 0 aliphatic heterocycles. The van der Waals surface area contributed by atoms with E-state index in [1.54, 1.807) is 19.3 Å². The van der Waals surface area contributed by atoms with Gasteiger partial charge in [-0.2, -0.15) is 0 Å². The molecule has 0 spiro atoms. The van der Waals surface area contributed by atoms with Crippen LogP contribution in [-0.2, 0) is 0 Å². The highest BCUT2D eigenvalue weighted by atomic mass is 16.1. The molecule has 0 bridgehead atoms. The predicted octanol–water partition coefficient (Wildman–Crippen LogP) is 2.42. The lowest BCUT2D eigenvalue weighted by Crippen LogP contribution is -2.19. The highest BCUT2D eigenvalue weighted by Crippen LogP contribution is 2.22. The van der Waals surface area contributed by atoms with Gasteiger partial charge in [-0.15, -0.1) is 0 Å². The zero-order valence-corrected chi connectivity index (χ0v) is 9.90. The number of pyridine rings is 1. The summed E-state index contributed by atoms with van der Waals surface area (Å²) in [5, 5.41) is 2.57. The summed E-state index contributed by atoms with van der Waals surface area (Å²) < 4.78 is 0. The molecule has 1 aromatic heterocycles. The van der Waals surface area contributed by atoms with Crippen molar-refractivity contribution < 1.29 is 4.79 Å². The van der Waals surface area contributed by atoms with Crippen LogP contribution in [0.4, 0.5) is 0 Å². The Bertz CT molecular complexity index is 549. The van der Waals surface area contributed by atoms with Gasteiger partial charge >= 0.3 is 0 Å². The molecule has 1 heterocycles. The molecule has 1 amide bonds. The Morgan fingerprint density at radius 3 is 2.71 bits per heavy atom. The van der Waals surface area contributed by atoms with E-state index in [0.717, 1.165) is 11.1 Å². The van der Waals surface area contributed by atoms with Crippen LogP contribution in [0.1, 0.15) is 16.1 Å². The van der Waals surface area contributed by atoms with E-state index in [2.05, 4.69) is 23.3 Å². The van der Waals surface area contributed by atoms with Crippen molar-refractivity contribution in [1.82, 2.24) is 10.3 Å². The zero-order valence-electron chi connectivity index (χ0n) is 9.90. The SMILES string of the molecule is CNC(=O)c1cc(-c2ccccc2C)ccn1. The van der Waals surface area contributed by atoms with Gasteiger partial charge in [-0.25, -0.2) is 0 Å². The molecule has 1 aromatic carbocycles. The van der Waals surface area contributed by atoms with Crippen molar-refractivity contribution in [2.75, 3.05) is 7.05 Å². The lowest BCUT2D eigenvalue weighted by molar-refractivity contribution is 0.0958. The maximum atomic E-state index is 11.5. The van der Waals surface area contributed by atoms with Crippen molar-refractivity contribution in [3.05, 3.63) is 53.9 Å². The smallest absolute Gasteiger partial charge is 0.269 e. The summed E-state index contributed by atoms with van der Waals surface area (Å²) in [4.78, 5) is 15.6. The number of amides is 1. The van der Waals surface area contributed by atoms with E-state index >= 15 is 0 Å². The Labute approximate surface area is 101 Å². The predicted molar refractivity (Wildman–Crippen MR) is 67.8 cm³/mol. The average Bonchev–Trinajstić information content (AvgIpc) is 2.38. The summed E-state index contributed by atoms with van der Waals surface area (Å²) in [6.07, 6.45) is 1.66. The van der Waals surface area contributed by atoms with E-state index in [0.29, 0.717) is 5.69 Å². The third-order valence-corrected chi connectivity index (χ3v) is 2.68. The molecule has 3 heteroatoms. The van der Waals surface area contributed by atoms with Crippen LogP contribution in [0.15, 0.2) is 42.6 Å². The minimum Gasteiger partial charge on any atom is -0.354 e. The minimum absolute atomic E-state index is 0.166. The summed E-state index contributed by atoms with van der Waals surface area (Å²) in [6, 6.07) is 11.8. The summed E-state index contributed by atoms with van der Waals surface area (Å²) in [7, 11) is 1.60. The number of hydrogen-bond donors (Lipinski definition) is 1. The van der Waals surface area contributed by atoms with Gasteiger partial charge in [0.25, 0.3) is 5.91 Å². The number of hydrogen-bond acceptors (Lipinski definition) is 2. The van der Waals surface area contributed by atoms with Gasteiger partial charge in [-0.1, -0.05) is 24.3 Å². The van der Waals surface area contributed by atoms with Crippen molar-refractivity contribution in [3.63, 3.8) is 0 Å². The molecule has 0 radical (unpaired) electrons. The first kappa shape index (κ1) is 11.3. The van der Waals surface area contributed by atoms with E-state index in [9.17, 15) is 4.79 Å². The molecule has 86 valence electrons. The summed E-state index contributed by atoms with van der Waals surface area (Å²) in [5.74, 6) is -0.166. The Balaban J connectivity index is 2.47. The van der Waals surface area contributed by atoms with Gasteiger partial charge in [0.05, 0.1) is 0 Å². The summed E-state index contributed by atoms with van der Waals surface area (Å²) in [6.45, 7) is 2.05. The van der Waals surface area contributed by atoms with Crippen LogP contribution in [0.25, 0.3) is 11.1 Å². The third kappa shape index (κ3) is 2.33. The van der Waals surface area contributed by atoms with Gasteiger partial charge in [0, 0.05) is 13.2 Å². The molecule has 2 rings (SSSR count). The molecule has 0 unspecified atom stereocenters. The molecule has 1 N–H and O–H groups in total. The number of aryl methyl sites for hydroxylation is 1. The van der Waals surface area contributed by atoms with Crippen LogP contribution in [-0.4, -0.2) is 17.9 Å². The number of carbonyl (C=O) groups excluding carboxylic acids is 1. The lowest BCUT2D eigenvalue weighted by Gasteiger charge is -2.06. The largest absolute Gasteiger partial charge is 0.354 e. The van der Waals surface area contributed by atoms with Crippen molar-refractivity contribution in [3.8, 4) is 11.1 Å². The molecule has 0 fully saturated rings. The fourth-order valence-corrected chi connectivity index (χ4v) is 1.75. The van der Waals surface area contributed by atoms with Gasteiger partial charge in [0.15, 0.2) is 0 Å². The normalized spacial score (nSPS) is 10.0. The Kier molecular flexibility index (Phi) is 3.19. The number of benzene rings is 1. The van der Waals surface area contributed by atoms with Crippen molar-refractivity contribution in [1.29, 1.82) is 0 Å². The van der Waals surface area contributed by atoms with Gasteiger partial charge in [0.2, 0.25) is 0 Å². The number of rotatable bonds is 2. The Morgan fingerprint density at radius 1 is 1.24 bits per heavy atom. The number of nitrogens with one attached hydrogen (secondary N) is 1. The molecule has 2 aromatic rings. The molecule has 0 aliphatic carbocycles. The first-order chi connectivity index (χ1) is 8.22. The molecular weight excluding hydrogens is 212 g/mol. The van der Waals surface area contributed by atoms with Crippen LogP contribution in [0, 0.1) is 6.92 Å². The van der Waals surface area contributed by atoms with Gasteiger partial charge < -0.3 is 5.32 Å². The van der Waals surface area contributed by atoms with E-state index in [-0.39, 0.29) is 5.91 Å². The quantitative estimate of drug-likeness (QED) is 0.854. The second-order valence-corrected chi connectivity index (χ2v) is 3.82. The maximum absolute atomic E-state index is 11.5. The van der Waals surface area contributed by atoms with Crippen molar-refractivity contribution >= 4 is 5.91 Å². The minimum atomic E-state index is -0.166. The topological polar surface area (TPSA) is 42.0 Å². The second-order valence-electron chi connectivity index (χ2n) is 3.82. The first-order valence-corrected chi connectivity index (χ1v) is 5.46. The van der Waals surface area contributed by atoms with Crippen LogP contribution in [0.2, 0.25) is 0 Å². The highest BCUT2D eigenvalue weighted by molar-refractivity contribution is 5.93. The Hall–Kier alpha value is -2.16. The first-order valence-electron chi connectivity index (χ1n) is 5.46. The van der Waals surface area contributed by atoms with Gasteiger partial charge in [0.1, 0.15) is 5.69 Å². The van der Waals surface area contributed by atoms with E-state index in [1.807, 2.05) is 24.3 Å². The number of carbonyl (C=O) groups is 1. The van der Waals surface area contributed by atoms with Gasteiger partial charge in [-0.3, -0.25) is 9.78 Å². The van der Waals surface area contributed by atoms with Crippen molar-refractivity contribution in [2.45, 2.75) is 6.92 Å². The third-order valence-electron chi connectivity index (χ3n) is 2.68. The van der Waals surface area contributed by atoms with Crippen LogP contribution < -0.4 is 5.32 Å². The molecule has 0 aliphatic rings. The Morgan fingerprint density at radius 2 is 2.00 bits per heavy atom. The zero-order chi connectivity index (χ0) is 12.3. The maximum Gasteiger partial charge on any atom is 0.269 e. The van der Waals surface area contributed by atoms with Crippen LogP contribution in [0.5, 0.6) is 0 Å². The summed E-state index contributed by atoms with van der Waals surface area (Å²) >= 11 is 0. The van der Waals surface area contributed by atoms with E-state index in [4.69, 9.17) is 0 Å². The second kappa shape index (κ2) is 4.78. The molecule has 0 atom stereocenters. The van der Waals surface area contributed by atoms with E-state index < -0.39 is 0 Å². The van der Waals surface area contributed by atoms with Gasteiger partial charge in [-0.05, 0) is 35.7 Å². The standard InChI is InChI=1S/C14H14N2O/c1-10-5-3-4-6-12(10)11-7-8-16-13(9-11)14(17)15-2/h3-9H,1-2H3,(H,15,17). The number of aromatic nitrogens is 1. The molecule has 0 saturated carbocycles. The highest BCUT2D eigenvalue weighted by Gasteiger charge is 2.07. The van der Waals surface area contributed by atoms with Crippen LogP contribution >= 0.6 is 0 Å². The number of nitrogens with zero attached hydrogens (tertiary/aromatic N) is 1. The summed E-state index contributed by atoms with van der Waals surface area (Å²) in [5.41, 5.74) is 3.76. The van der Waals surface area contributed by atoms with E-state index in [1.165, 1.54) is 5.56 Å². The van der Waals surface area contributed by atoms with Crippen LogP contribution in [0.3, 0.4) is 0 Å². The fourth-order valence-electron chi connectivity index (χ4n) is 1.75. The molecule has 0 saturated heterocycles. The fraction of sp³-hybridized carbons (Fsp3) is 0.143. The molecular formula is C14H14N2O. The average molecular weight is 226 g/mol. The monoisotopic (exact) mass is 226 g/mol. The molecule has 17 heavy (non-hydrogen) atoms.